The third kappa shape index (κ3) is 1.62. The number of hydrogen-bond acceptors (Lipinski definition) is 2. The highest BCUT2D eigenvalue weighted by atomic mass is 14.8. The maximum atomic E-state index is 6.90. The van der Waals surface area contributed by atoms with Crippen LogP contribution >= 0.6 is 0 Å². The van der Waals surface area contributed by atoms with E-state index in [0.717, 1.165) is 17.8 Å². The number of rotatable bonds is 2. The Morgan fingerprint density at radius 1 is 1.16 bits per heavy atom. The minimum Gasteiger partial charge on any atom is -0.321 e. The third-order valence-corrected chi connectivity index (χ3v) is 6.40. The second-order valence-electron chi connectivity index (χ2n) is 7.64. The van der Waals surface area contributed by atoms with Gasteiger partial charge in [0.05, 0.1) is 0 Å². The van der Waals surface area contributed by atoms with Gasteiger partial charge < -0.3 is 5.73 Å². The average Bonchev–Trinajstić information content (AvgIpc) is 2.38. The van der Waals surface area contributed by atoms with Gasteiger partial charge in [-0.25, -0.2) is 0 Å². The summed E-state index contributed by atoms with van der Waals surface area (Å²) in [5, 5.41) is 0. The lowest BCUT2D eigenvalue weighted by atomic mass is 9.44. The molecule has 4 saturated carbocycles. The van der Waals surface area contributed by atoms with Crippen LogP contribution in [0.3, 0.4) is 0 Å². The molecule has 1 atom stereocenters. The molecule has 0 aliphatic heterocycles. The molecule has 2 nitrogen and oxygen atoms in total. The van der Waals surface area contributed by atoms with Gasteiger partial charge >= 0.3 is 0 Å². The number of nitrogens with two attached hydrogens (primary N) is 1. The van der Waals surface area contributed by atoms with Gasteiger partial charge in [0.1, 0.15) is 0 Å². The van der Waals surface area contributed by atoms with Crippen LogP contribution in [0.15, 0.2) is 24.5 Å². The number of nitrogens with zero attached hydrogens (tertiary/aromatic N) is 1. The molecule has 19 heavy (non-hydrogen) atoms. The SMILES string of the molecule is CC(N)(c1cccnc1)C12CC3CC(CC(C3)C1)C2. The van der Waals surface area contributed by atoms with E-state index in [0.29, 0.717) is 5.41 Å². The smallest absolute Gasteiger partial charge is 0.0453 e. The van der Waals surface area contributed by atoms with Crippen LogP contribution in [-0.4, -0.2) is 4.98 Å². The zero-order valence-corrected chi connectivity index (χ0v) is 11.8. The summed E-state index contributed by atoms with van der Waals surface area (Å²) in [6.07, 6.45) is 12.3. The van der Waals surface area contributed by atoms with Crippen LogP contribution in [0, 0.1) is 23.2 Å². The maximum Gasteiger partial charge on any atom is 0.0453 e. The maximum absolute atomic E-state index is 6.90. The van der Waals surface area contributed by atoms with Gasteiger partial charge in [0, 0.05) is 17.9 Å². The van der Waals surface area contributed by atoms with E-state index in [2.05, 4.69) is 18.0 Å². The van der Waals surface area contributed by atoms with Crippen molar-refractivity contribution in [2.75, 3.05) is 0 Å². The van der Waals surface area contributed by atoms with E-state index in [1.807, 2.05) is 18.5 Å². The molecular formula is C17H24N2. The van der Waals surface area contributed by atoms with Crippen molar-refractivity contribution in [3.8, 4) is 0 Å². The summed E-state index contributed by atoms with van der Waals surface area (Å²) in [5.41, 5.74) is 8.26. The summed E-state index contributed by atoms with van der Waals surface area (Å²) in [5.74, 6) is 2.85. The number of aromatic nitrogens is 1. The van der Waals surface area contributed by atoms with Gasteiger partial charge in [0.15, 0.2) is 0 Å². The van der Waals surface area contributed by atoms with Crippen LogP contribution in [0.5, 0.6) is 0 Å². The van der Waals surface area contributed by atoms with Crippen LogP contribution in [0.2, 0.25) is 0 Å². The first-order chi connectivity index (χ1) is 9.09. The molecule has 1 aromatic heterocycles. The first kappa shape index (κ1) is 11.9. The fourth-order valence-corrected chi connectivity index (χ4v) is 5.72. The van der Waals surface area contributed by atoms with Crippen LogP contribution < -0.4 is 5.73 Å². The summed E-state index contributed by atoms with van der Waals surface area (Å²) in [4.78, 5) is 4.30. The molecule has 0 amide bonds. The fraction of sp³-hybridized carbons (Fsp3) is 0.706. The molecule has 4 fully saturated rings. The Bertz CT molecular complexity index is 442. The van der Waals surface area contributed by atoms with E-state index in [1.165, 1.54) is 44.1 Å². The summed E-state index contributed by atoms with van der Waals surface area (Å²) in [6, 6.07) is 4.20. The molecule has 1 unspecified atom stereocenters. The molecule has 2 heteroatoms. The molecule has 0 spiro atoms. The Labute approximate surface area is 115 Å². The Balaban J connectivity index is 1.75. The lowest BCUT2D eigenvalue weighted by Gasteiger charge is -2.62. The van der Waals surface area contributed by atoms with Crippen LogP contribution in [0.4, 0.5) is 0 Å². The van der Waals surface area contributed by atoms with Crippen LogP contribution in [0.25, 0.3) is 0 Å². The molecule has 4 aliphatic rings. The minimum absolute atomic E-state index is 0.211. The highest BCUT2D eigenvalue weighted by molar-refractivity contribution is 5.25. The molecule has 0 aromatic carbocycles. The largest absolute Gasteiger partial charge is 0.321 e. The van der Waals surface area contributed by atoms with Crippen molar-refractivity contribution < 1.29 is 0 Å². The first-order valence-corrected chi connectivity index (χ1v) is 7.78. The van der Waals surface area contributed by atoms with Crippen molar-refractivity contribution in [2.24, 2.45) is 28.9 Å². The Kier molecular flexibility index (Phi) is 2.39. The standard InChI is InChI=1S/C17H24N2/c1-16(18,15-3-2-4-19-11-15)17-8-12-5-13(9-17)7-14(6-12)10-17/h2-4,11-14H,5-10,18H2,1H3. The molecule has 0 radical (unpaired) electrons. The molecular weight excluding hydrogens is 232 g/mol. The molecule has 1 aromatic rings. The molecule has 4 aliphatic carbocycles. The number of pyridine rings is 1. The van der Waals surface area contributed by atoms with E-state index in [4.69, 9.17) is 5.73 Å². The lowest BCUT2D eigenvalue weighted by Crippen LogP contribution is -2.59. The summed E-state index contributed by atoms with van der Waals surface area (Å²) < 4.78 is 0. The monoisotopic (exact) mass is 256 g/mol. The lowest BCUT2D eigenvalue weighted by molar-refractivity contribution is -0.0954. The molecule has 0 saturated heterocycles. The van der Waals surface area contributed by atoms with Crippen molar-refractivity contribution in [2.45, 2.75) is 51.0 Å². The van der Waals surface area contributed by atoms with Gasteiger partial charge in [-0.3, -0.25) is 4.98 Å². The van der Waals surface area contributed by atoms with Gasteiger partial charge in [-0.15, -0.1) is 0 Å². The predicted molar refractivity (Wildman–Crippen MR) is 76.4 cm³/mol. The predicted octanol–water partition coefficient (Wildman–Crippen LogP) is 3.47. The second kappa shape index (κ2) is 3.82. The van der Waals surface area contributed by atoms with E-state index < -0.39 is 0 Å². The summed E-state index contributed by atoms with van der Waals surface area (Å²) in [7, 11) is 0. The molecule has 5 rings (SSSR count). The van der Waals surface area contributed by atoms with Crippen molar-refractivity contribution in [1.82, 2.24) is 4.98 Å². The third-order valence-electron chi connectivity index (χ3n) is 6.40. The number of hydrogen-bond donors (Lipinski definition) is 1. The van der Waals surface area contributed by atoms with Gasteiger partial charge in [-0.1, -0.05) is 6.07 Å². The normalized spacial score (nSPS) is 43.2. The van der Waals surface area contributed by atoms with Gasteiger partial charge in [-0.05, 0) is 80.2 Å². The minimum atomic E-state index is -0.211. The van der Waals surface area contributed by atoms with Gasteiger partial charge in [0.25, 0.3) is 0 Å². The van der Waals surface area contributed by atoms with Crippen molar-refractivity contribution in [3.63, 3.8) is 0 Å². The van der Waals surface area contributed by atoms with E-state index in [-0.39, 0.29) is 5.54 Å². The zero-order chi connectivity index (χ0) is 13.1. The highest BCUT2D eigenvalue weighted by Gasteiger charge is 2.57. The van der Waals surface area contributed by atoms with Crippen LogP contribution in [0.1, 0.15) is 51.0 Å². The van der Waals surface area contributed by atoms with Gasteiger partial charge in [-0.2, -0.15) is 0 Å². The summed E-state index contributed by atoms with van der Waals surface area (Å²) >= 11 is 0. The fourth-order valence-electron chi connectivity index (χ4n) is 5.72. The van der Waals surface area contributed by atoms with Crippen molar-refractivity contribution in [3.05, 3.63) is 30.1 Å². The first-order valence-electron chi connectivity index (χ1n) is 7.78. The van der Waals surface area contributed by atoms with Crippen molar-refractivity contribution in [1.29, 1.82) is 0 Å². The zero-order valence-electron chi connectivity index (χ0n) is 11.8. The highest BCUT2D eigenvalue weighted by Crippen LogP contribution is 2.64. The quantitative estimate of drug-likeness (QED) is 0.880. The van der Waals surface area contributed by atoms with E-state index >= 15 is 0 Å². The average molecular weight is 256 g/mol. The molecule has 1 heterocycles. The van der Waals surface area contributed by atoms with Crippen LogP contribution in [-0.2, 0) is 5.54 Å². The van der Waals surface area contributed by atoms with Gasteiger partial charge in [0.2, 0.25) is 0 Å². The second-order valence-corrected chi connectivity index (χ2v) is 7.64. The Morgan fingerprint density at radius 3 is 2.21 bits per heavy atom. The Hall–Kier alpha value is -0.890. The van der Waals surface area contributed by atoms with E-state index in [9.17, 15) is 0 Å². The Morgan fingerprint density at radius 2 is 1.74 bits per heavy atom. The van der Waals surface area contributed by atoms with Crippen molar-refractivity contribution >= 4 is 0 Å². The molecule has 2 N–H and O–H groups in total. The topological polar surface area (TPSA) is 38.9 Å². The summed E-state index contributed by atoms with van der Waals surface area (Å²) in [6.45, 7) is 2.26. The molecule has 102 valence electrons. The van der Waals surface area contributed by atoms with E-state index in [1.54, 1.807) is 0 Å². The molecule has 4 bridgehead atoms.